The molecule has 0 N–H and O–H groups in total. The number of hydrogen-bond donors (Lipinski definition) is 0. The smallest absolute Gasteiger partial charge is 0.294 e. The Morgan fingerprint density at radius 1 is 1.08 bits per heavy atom. The number of aromatic nitrogens is 4. The number of rotatable bonds is 1. The normalized spacial score (nSPS) is 13.8. The Labute approximate surface area is 136 Å². The highest BCUT2D eigenvalue weighted by Gasteiger charge is 2.34. The lowest BCUT2D eigenvalue weighted by atomic mass is 10.2. The number of carbonyl (C=O) groups excluding carboxylic acids is 1. The predicted molar refractivity (Wildman–Crippen MR) is 88.5 cm³/mol. The van der Waals surface area contributed by atoms with Crippen LogP contribution in [-0.2, 0) is 25.4 Å². The Bertz CT molecular complexity index is 1140. The average molecular weight is 325 g/mol. The number of anilines is 2. The van der Waals surface area contributed by atoms with Crippen LogP contribution in [0.4, 0.5) is 11.6 Å². The van der Waals surface area contributed by atoms with Crippen molar-refractivity contribution in [2.45, 2.75) is 13.5 Å². The van der Waals surface area contributed by atoms with Gasteiger partial charge in [-0.05, 0) is 24.6 Å². The minimum absolute atomic E-state index is 0.0211. The molecule has 1 amide bonds. The van der Waals surface area contributed by atoms with Crippen LogP contribution in [0.2, 0.25) is 0 Å². The van der Waals surface area contributed by atoms with Crippen LogP contribution in [-0.4, -0.2) is 24.6 Å². The fourth-order valence-corrected chi connectivity index (χ4v) is 3.10. The van der Waals surface area contributed by atoms with Gasteiger partial charge in [0.05, 0.1) is 5.69 Å². The summed E-state index contributed by atoms with van der Waals surface area (Å²) >= 11 is 0. The molecule has 0 spiro atoms. The van der Waals surface area contributed by atoms with Crippen LogP contribution >= 0.6 is 0 Å². The highest BCUT2D eigenvalue weighted by atomic mass is 16.2. The van der Waals surface area contributed by atoms with E-state index >= 15 is 0 Å². The van der Waals surface area contributed by atoms with Crippen molar-refractivity contribution in [2.75, 3.05) is 4.90 Å². The van der Waals surface area contributed by atoms with Gasteiger partial charge in [0.1, 0.15) is 6.54 Å². The van der Waals surface area contributed by atoms with Gasteiger partial charge >= 0.3 is 5.69 Å². The zero-order valence-corrected chi connectivity index (χ0v) is 13.5. The summed E-state index contributed by atoms with van der Waals surface area (Å²) in [6, 6.07) is 7.49. The zero-order valence-electron chi connectivity index (χ0n) is 13.5. The standard InChI is InChI=1S/C16H15N5O3/c1-9-5-4-6-10(7-9)21-11(22)8-20-12-13(17-15(20)21)18(2)16(24)19(3)14(12)23/h4-7H,8H2,1-3H3. The Hall–Kier alpha value is -3.16. The number of nitrogens with zero attached hydrogens (tertiary/aromatic N) is 5. The molecule has 2 aromatic heterocycles. The second-order valence-corrected chi connectivity index (χ2v) is 5.94. The molecule has 8 heteroatoms. The second-order valence-electron chi connectivity index (χ2n) is 5.94. The SMILES string of the molecule is Cc1cccc(N2C(=O)Cn3c2nc2c3c(=O)n(C)c(=O)n2C)c1. The van der Waals surface area contributed by atoms with Crippen molar-refractivity contribution < 1.29 is 4.79 Å². The summed E-state index contributed by atoms with van der Waals surface area (Å²) in [6.07, 6.45) is 0. The van der Waals surface area contributed by atoms with Crippen molar-refractivity contribution in [3.63, 3.8) is 0 Å². The number of benzene rings is 1. The van der Waals surface area contributed by atoms with Gasteiger partial charge < -0.3 is 0 Å². The average Bonchev–Trinajstić information content (AvgIpc) is 3.05. The van der Waals surface area contributed by atoms with Crippen molar-refractivity contribution in [2.24, 2.45) is 14.1 Å². The number of amides is 1. The summed E-state index contributed by atoms with van der Waals surface area (Å²) < 4.78 is 3.92. The van der Waals surface area contributed by atoms with E-state index in [9.17, 15) is 14.4 Å². The molecule has 24 heavy (non-hydrogen) atoms. The van der Waals surface area contributed by atoms with Gasteiger partial charge in [0.15, 0.2) is 11.2 Å². The Balaban J connectivity index is 2.06. The quantitative estimate of drug-likeness (QED) is 0.649. The molecule has 0 aliphatic carbocycles. The maximum Gasteiger partial charge on any atom is 0.332 e. The first-order chi connectivity index (χ1) is 11.4. The highest BCUT2D eigenvalue weighted by molar-refractivity contribution is 6.04. The van der Waals surface area contributed by atoms with E-state index in [0.29, 0.717) is 11.6 Å². The van der Waals surface area contributed by atoms with E-state index in [1.807, 2.05) is 31.2 Å². The van der Waals surface area contributed by atoms with Crippen molar-refractivity contribution in [1.29, 1.82) is 0 Å². The zero-order chi connectivity index (χ0) is 17.2. The van der Waals surface area contributed by atoms with E-state index in [0.717, 1.165) is 10.1 Å². The van der Waals surface area contributed by atoms with E-state index in [-0.39, 0.29) is 23.6 Å². The van der Waals surface area contributed by atoms with Crippen molar-refractivity contribution in [3.8, 4) is 0 Å². The molecule has 3 aromatic rings. The van der Waals surface area contributed by atoms with E-state index < -0.39 is 11.2 Å². The summed E-state index contributed by atoms with van der Waals surface area (Å²) in [4.78, 5) is 42.9. The minimum Gasteiger partial charge on any atom is -0.294 e. The Morgan fingerprint density at radius 3 is 2.54 bits per heavy atom. The summed E-state index contributed by atoms with van der Waals surface area (Å²) in [5.74, 6) is 0.194. The molecule has 8 nitrogen and oxygen atoms in total. The van der Waals surface area contributed by atoms with Gasteiger partial charge in [0.2, 0.25) is 5.95 Å². The molecule has 122 valence electrons. The number of fused-ring (bicyclic) bond motifs is 3. The summed E-state index contributed by atoms with van der Waals surface area (Å²) in [5.41, 5.74) is 1.35. The molecule has 0 atom stereocenters. The molecule has 1 aliphatic rings. The molecule has 3 heterocycles. The van der Waals surface area contributed by atoms with Crippen LogP contribution < -0.4 is 16.1 Å². The van der Waals surface area contributed by atoms with E-state index in [1.54, 1.807) is 11.6 Å². The Kier molecular flexibility index (Phi) is 2.81. The van der Waals surface area contributed by atoms with Crippen molar-refractivity contribution in [3.05, 3.63) is 50.7 Å². The van der Waals surface area contributed by atoms with Gasteiger partial charge in [-0.25, -0.2) is 9.69 Å². The second kappa shape index (κ2) is 4.67. The third-order valence-corrected chi connectivity index (χ3v) is 4.33. The molecular weight excluding hydrogens is 310 g/mol. The van der Waals surface area contributed by atoms with E-state index in [1.165, 1.54) is 16.5 Å². The third kappa shape index (κ3) is 1.73. The molecular formula is C16H15N5O3. The maximum absolute atomic E-state index is 12.5. The Morgan fingerprint density at radius 2 is 1.83 bits per heavy atom. The number of hydrogen-bond acceptors (Lipinski definition) is 4. The molecule has 1 aromatic carbocycles. The molecule has 0 saturated carbocycles. The van der Waals surface area contributed by atoms with Crippen LogP contribution in [0.3, 0.4) is 0 Å². The largest absolute Gasteiger partial charge is 0.332 e. The summed E-state index contributed by atoms with van der Waals surface area (Å²) in [7, 11) is 2.98. The highest BCUT2D eigenvalue weighted by Crippen LogP contribution is 2.32. The lowest BCUT2D eigenvalue weighted by Crippen LogP contribution is -2.37. The molecule has 4 rings (SSSR count). The lowest BCUT2D eigenvalue weighted by molar-refractivity contribution is -0.117. The van der Waals surface area contributed by atoms with Crippen molar-refractivity contribution in [1.82, 2.24) is 18.7 Å². The van der Waals surface area contributed by atoms with Gasteiger partial charge in [0.25, 0.3) is 11.5 Å². The van der Waals surface area contributed by atoms with Gasteiger partial charge in [-0.3, -0.25) is 23.3 Å². The number of imidazole rings is 1. The molecule has 0 unspecified atom stereocenters. The molecule has 1 aliphatic heterocycles. The fraction of sp³-hybridized carbons (Fsp3) is 0.250. The molecule has 0 saturated heterocycles. The summed E-state index contributed by atoms with van der Waals surface area (Å²) in [6.45, 7) is 1.96. The van der Waals surface area contributed by atoms with E-state index in [2.05, 4.69) is 4.98 Å². The lowest BCUT2D eigenvalue weighted by Gasteiger charge is -2.14. The topological polar surface area (TPSA) is 82.1 Å². The minimum atomic E-state index is -0.453. The van der Waals surface area contributed by atoms with E-state index in [4.69, 9.17) is 0 Å². The monoisotopic (exact) mass is 325 g/mol. The van der Waals surface area contributed by atoms with Gasteiger partial charge in [-0.2, -0.15) is 4.98 Å². The van der Waals surface area contributed by atoms with Crippen LogP contribution in [0, 0.1) is 6.92 Å². The summed E-state index contributed by atoms with van der Waals surface area (Å²) in [5, 5.41) is 0. The molecule has 0 fully saturated rings. The first kappa shape index (κ1) is 14.4. The number of carbonyl (C=O) groups is 1. The van der Waals surface area contributed by atoms with Crippen LogP contribution in [0.25, 0.3) is 11.2 Å². The fourth-order valence-electron chi connectivity index (χ4n) is 3.10. The maximum atomic E-state index is 12.5. The first-order valence-electron chi connectivity index (χ1n) is 7.46. The van der Waals surface area contributed by atoms with Crippen LogP contribution in [0.5, 0.6) is 0 Å². The van der Waals surface area contributed by atoms with Gasteiger partial charge in [-0.15, -0.1) is 0 Å². The van der Waals surface area contributed by atoms with Crippen LogP contribution in [0.1, 0.15) is 5.56 Å². The van der Waals surface area contributed by atoms with Gasteiger partial charge in [-0.1, -0.05) is 12.1 Å². The number of aryl methyl sites for hydroxylation is 2. The third-order valence-electron chi connectivity index (χ3n) is 4.33. The molecule has 0 radical (unpaired) electrons. The first-order valence-corrected chi connectivity index (χ1v) is 7.46. The van der Waals surface area contributed by atoms with Crippen molar-refractivity contribution >= 4 is 28.7 Å². The predicted octanol–water partition coefficient (Wildman–Crippen LogP) is 0.420. The molecule has 0 bridgehead atoms. The van der Waals surface area contributed by atoms with Crippen LogP contribution in [0.15, 0.2) is 33.9 Å². The van der Waals surface area contributed by atoms with Gasteiger partial charge in [0, 0.05) is 14.1 Å².